The molecule has 2 rings (SSSR count). The summed E-state index contributed by atoms with van der Waals surface area (Å²) < 4.78 is 37.2. The smallest absolute Gasteiger partial charge is 0.339 e. The third kappa shape index (κ3) is 3.46. The Morgan fingerprint density at radius 2 is 2.11 bits per heavy atom. The molecule has 1 aromatic rings. The van der Waals surface area contributed by atoms with Gasteiger partial charge < -0.3 is 4.90 Å². The number of carbonyl (C=O) groups is 1. The van der Waals surface area contributed by atoms with Crippen LogP contribution in [-0.4, -0.2) is 22.8 Å². The van der Waals surface area contributed by atoms with Crippen LogP contribution in [0.15, 0.2) is 5.38 Å². The van der Waals surface area contributed by atoms with Crippen LogP contribution >= 0.6 is 11.3 Å². The fourth-order valence-corrected chi connectivity index (χ4v) is 3.13. The van der Waals surface area contributed by atoms with Crippen molar-refractivity contribution in [2.45, 2.75) is 38.4 Å². The molecule has 3 nitrogen and oxygen atoms in total. The summed E-state index contributed by atoms with van der Waals surface area (Å²) >= 11 is 0.940. The Labute approximate surface area is 113 Å². The molecule has 1 aliphatic rings. The number of carbonyl (C=O) groups excluding carboxylic acids is 1. The largest absolute Gasteiger partial charge is 0.434 e. The first-order valence-corrected chi connectivity index (χ1v) is 7.02. The van der Waals surface area contributed by atoms with E-state index in [2.05, 4.69) is 4.98 Å². The van der Waals surface area contributed by atoms with Gasteiger partial charge in [-0.1, -0.05) is 12.8 Å². The van der Waals surface area contributed by atoms with Crippen molar-refractivity contribution in [3.8, 4) is 0 Å². The molecule has 1 aliphatic carbocycles. The fraction of sp³-hybridized carbons (Fsp3) is 0.667. The van der Waals surface area contributed by atoms with Gasteiger partial charge in [0.25, 0.3) is 0 Å². The van der Waals surface area contributed by atoms with Crippen LogP contribution in [0, 0.1) is 5.92 Å². The average Bonchev–Trinajstić information content (AvgIpc) is 2.97. The van der Waals surface area contributed by atoms with E-state index in [0.29, 0.717) is 5.01 Å². The highest BCUT2D eigenvalue weighted by atomic mass is 32.1. The van der Waals surface area contributed by atoms with E-state index in [0.717, 1.165) is 42.4 Å². The summed E-state index contributed by atoms with van der Waals surface area (Å²) in [5.41, 5.74) is -0.880. The van der Waals surface area contributed by atoms with Gasteiger partial charge in [-0.25, -0.2) is 4.98 Å². The summed E-state index contributed by atoms with van der Waals surface area (Å²) in [6.45, 7) is 0.149. The second kappa shape index (κ2) is 5.48. The van der Waals surface area contributed by atoms with Gasteiger partial charge in [-0.15, -0.1) is 11.3 Å². The minimum Gasteiger partial charge on any atom is -0.339 e. The van der Waals surface area contributed by atoms with Crippen LogP contribution in [0.3, 0.4) is 0 Å². The maximum Gasteiger partial charge on any atom is 0.434 e. The predicted molar refractivity (Wildman–Crippen MR) is 65.5 cm³/mol. The Balaban J connectivity index is 1.96. The number of halogens is 3. The van der Waals surface area contributed by atoms with Gasteiger partial charge in [0.1, 0.15) is 5.01 Å². The van der Waals surface area contributed by atoms with Crippen molar-refractivity contribution in [3.05, 3.63) is 16.1 Å². The van der Waals surface area contributed by atoms with Crippen LogP contribution in [0.2, 0.25) is 0 Å². The van der Waals surface area contributed by atoms with Crippen molar-refractivity contribution in [2.24, 2.45) is 5.92 Å². The summed E-state index contributed by atoms with van der Waals surface area (Å²) in [7, 11) is 1.62. The second-order valence-corrected chi connectivity index (χ2v) is 5.74. The summed E-state index contributed by atoms with van der Waals surface area (Å²) in [4.78, 5) is 17.0. The maximum atomic E-state index is 12.4. The minimum absolute atomic E-state index is 0.0151. The van der Waals surface area contributed by atoms with Crippen molar-refractivity contribution in [1.29, 1.82) is 0 Å². The Morgan fingerprint density at radius 1 is 1.47 bits per heavy atom. The van der Waals surface area contributed by atoms with Crippen LogP contribution in [0.4, 0.5) is 13.2 Å². The predicted octanol–water partition coefficient (Wildman–Crippen LogP) is 3.31. The maximum absolute atomic E-state index is 12.4. The molecule has 0 aliphatic heterocycles. The normalized spacial score (nSPS) is 16.8. The van der Waals surface area contributed by atoms with Gasteiger partial charge >= 0.3 is 6.18 Å². The zero-order valence-electron chi connectivity index (χ0n) is 10.5. The zero-order valence-corrected chi connectivity index (χ0v) is 11.4. The molecule has 0 bridgehead atoms. The number of hydrogen-bond acceptors (Lipinski definition) is 3. The van der Waals surface area contributed by atoms with Crippen LogP contribution < -0.4 is 0 Å². The molecule has 0 spiro atoms. The van der Waals surface area contributed by atoms with Crippen LogP contribution in [0.5, 0.6) is 0 Å². The SMILES string of the molecule is CN(Cc1nc(C(F)(F)F)cs1)C(=O)C1CCCC1. The van der Waals surface area contributed by atoms with Crippen LogP contribution in [0.25, 0.3) is 0 Å². The highest BCUT2D eigenvalue weighted by Crippen LogP contribution is 2.31. The molecular weight excluding hydrogens is 277 g/mol. The lowest BCUT2D eigenvalue weighted by atomic mass is 10.1. The topological polar surface area (TPSA) is 33.2 Å². The molecule has 106 valence electrons. The number of alkyl halides is 3. The van der Waals surface area contributed by atoms with Gasteiger partial charge in [-0.05, 0) is 12.8 Å². The van der Waals surface area contributed by atoms with Crippen molar-refractivity contribution in [1.82, 2.24) is 9.88 Å². The van der Waals surface area contributed by atoms with Gasteiger partial charge in [0.15, 0.2) is 5.69 Å². The van der Waals surface area contributed by atoms with Crippen LogP contribution in [-0.2, 0) is 17.5 Å². The zero-order chi connectivity index (χ0) is 14.0. The first-order chi connectivity index (χ1) is 8.88. The number of rotatable bonds is 3. The lowest BCUT2D eigenvalue weighted by Crippen LogP contribution is -2.31. The number of hydrogen-bond donors (Lipinski definition) is 0. The molecule has 1 amide bonds. The van der Waals surface area contributed by atoms with E-state index in [4.69, 9.17) is 0 Å². The highest BCUT2D eigenvalue weighted by Gasteiger charge is 2.34. The molecule has 0 atom stereocenters. The van der Waals surface area contributed by atoms with Gasteiger partial charge in [0, 0.05) is 18.3 Å². The molecule has 0 unspecified atom stereocenters. The Kier molecular flexibility index (Phi) is 4.13. The summed E-state index contributed by atoms with van der Waals surface area (Å²) in [5.74, 6) is 0.0494. The van der Waals surface area contributed by atoms with E-state index in [-0.39, 0.29) is 18.4 Å². The highest BCUT2D eigenvalue weighted by molar-refractivity contribution is 7.09. The molecule has 1 saturated carbocycles. The molecule has 7 heteroatoms. The third-order valence-corrected chi connectivity index (χ3v) is 4.13. The van der Waals surface area contributed by atoms with E-state index >= 15 is 0 Å². The van der Waals surface area contributed by atoms with Crippen molar-refractivity contribution in [3.63, 3.8) is 0 Å². The van der Waals surface area contributed by atoms with Gasteiger partial charge in [-0.3, -0.25) is 4.79 Å². The second-order valence-electron chi connectivity index (χ2n) is 4.80. The molecule has 0 aromatic carbocycles. The number of aromatic nitrogens is 1. The number of amides is 1. The third-order valence-electron chi connectivity index (χ3n) is 3.30. The molecule has 0 saturated heterocycles. The molecule has 0 N–H and O–H groups in total. The van der Waals surface area contributed by atoms with E-state index in [1.54, 1.807) is 7.05 Å². The average molecular weight is 292 g/mol. The fourth-order valence-electron chi connectivity index (χ4n) is 2.28. The molecule has 1 fully saturated rings. The quantitative estimate of drug-likeness (QED) is 0.856. The molecule has 0 radical (unpaired) electrons. The Morgan fingerprint density at radius 3 is 2.63 bits per heavy atom. The standard InChI is InChI=1S/C12H15F3N2OS/c1-17(11(18)8-4-2-3-5-8)6-10-16-9(7-19-10)12(13,14)15/h7-8H,2-6H2,1H3. The minimum atomic E-state index is -4.41. The summed E-state index contributed by atoms with van der Waals surface area (Å²) in [6.07, 6.45) is -0.536. The Hall–Kier alpha value is -1.11. The number of nitrogens with zero attached hydrogens (tertiary/aromatic N) is 2. The Bertz CT molecular complexity index is 452. The summed E-state index contributed by atoms with van der Waals surface area (Å²) in [5, 5.41) is 1.31. The lowest BCUT2D eigenvalue weighted by Gasteiger charge is -2.19. The van der Waals surface area contributed by atoms with Crippen molar-refractivity contribution >= 4 is 17.2 Å². The van der Waals surface area contributed by atoms with Gasteiger partial charge in [-0.2, -0.15) is 13.2 Å². The molecule has 19 heavy (non-hydrogen) atoms. The van der Waals surface area contributed by atoms with E-state index in [1.165, 1.54) is 4.90 Å². The van der Waals surface area contributed by atoms with E-state index in [9.17, 15) is 18.0 Å². The van der Waals surface area contributed by atoms with Gasteiger partial charge in [0.2, 0.25) is 5.91 Å². The molecule has 1 aromatic heterocycles. The molecule has 1 heterocycles. The first kappa shape index (κ1) is 14.3. The number of thiazole rings is 1. The van der Waals surface area contributed by atoms with Gasteiger partial charge in [0.05, 0.1) is 6.54 Å². The molecular formula is C12H15F3N2OS. The summed E-state index contributed by atoms with van der Waals surface area (Å²) in [6, 6.07) is 0. The van der Waals surface area contributed by atoms with Crippen LogP contribution in [0.1, 0.15) is 36.4 Å². The first-order valence-electron chi connectivity index (χ1n) is 6.14. The monoisotopic (exact) mass is 292 g/mol. The van der Waals surface area contributed by atoms with E-state index in [1.807, 2.05) is 0 Å². The van der Waals surface area contributed by atoms with Crippen molar-refractivity contribution < 1.29 is 18.0 Å². The van der Waals surface area contributed by atoms with E-state index < -0.39 is 11.9 Å². The van der Waals surface area contributed by atoms with Crippen molar-refractivity contribution in [2.75, 3.05) is 7.05 Å². The lowest BCUT2D eigenvalue weighted by molar-refractivity contribution is -0.140.